The summed E-state index contributed by atoms with van der Waals surface area (Å²) in [6.45, 7) is 10.9. The summed E-state index contributed by atoms with van der Waals surface area (Å²) in [6.07, 6.45) is -0.620. The van der Waals surface area contributed by atoms with Crippen molar-refractivity contribution in [2.45, 2.75) is 89.5 Å². The Bertz CT molecular complexity index is 898. The SMILES string of the molecule is C=C1C(OC(C)=O)C23CC1(O)CCC2C12COC3(O)C(OC(C)=O)C1C(C)(C)CCC2O. The van der Waals surface area contributed by atoms with Crippen molar-refractivity contribution >= 4 is 11.9 Å². The van der Waals surface area contributed by atoms with Crippen molar-refractivity contribution in [3.8, 4) is 0 Å². The second-order valence-corrected chi connectivity index (χ2v) is 11.5. The van der Waals surface area contributed by atoms with Gasteiger partial charge in [0.25, 0.3) is 0 Å². The van der Waals surface area contributed by atoms with Gasteiger partial charge in [-0.1, -0.05) is 20.4 Å². The Hall–Kier alpha value is -1.48. The molecular weight excluding hydrogens is 416 g/mol. The molecule has 4 saturated carbocycles. The number of rotatable bonds is 2. The first kappa shape index (κ1) is 22.3. The highest BCUT2D eigenvalue weighted by atomic mass is 16.7. The van der Waals surface area contributed by atoms with Crippen molar-refractivity contribution < 1.29 is 39.1 Å². The predicted molar refractivity (Wildman–Crippen MR) is 111 cm³/mol. The van der Waals surface area contributed by atoms with E-state index in [1.807, 2.05) is 0 Å². The molecule has 0 aromatic carbocycles. The molecular formula is C24H34O8. The Kier molecular flexibility index (Phi) is 4.42. The van der Waals surface area contributed by atoms with E-state index in [0.29, 0.717) is 31.3 Å². The summed E-state index contributed by atoms with van der Waals surface area (Å²) in [4.78, 5) is 24.4. The van der Waals surface area contributed by atoms with Crippen molar-refractivity contribution in [1.29, 1.82) is 0 Å². The van der Waals surface area contributed by atoms with Gasteiger partial charge in [0.1, 0.15) is 6.10 Å². The van der Waals surface area contributed by atoms with Crippen LogP contribution < -0.4 is 0 Å². The Morgan fingerprint density at radius 3 is 2.38 bits per heavy atom. The standard InChI is InChI=1S/C24H34O8/c1-12-18(31-13(2)25)23-10-21(12,28)9-6-15(23)22-11-30-24(23,29)19(32-14(3)26)17(22)20(4,5)8-7-16(22)27/h15-19,27-29H,1,6-11H2,2-5H3. The average Bonchev–Trinajstić information content (AvgIpc) is 2.84. The van der Waals surface area contributed by atoms with E-state index in [1.165, 1.54) is 13.8 Å². The lowest BCUT2D eigenvalue weighted by Crippen LogP contribution is -2.84. The molecule has 0 radical (unpaired) electrons. The molecule has 9 atom stereocenters. The second-order valence-electron chi connectivity index (χ2n) is 11.5. The number of ether oxygens (including phenoxy) is 3. The quantitative estimate of drug-likeness (QED) is 0.427. The highest BCUT2D eigenvalue weighted by Gasteiger charge is 2.87. The van der Waals surface area contributed by atoms with Gasteiger partial charge in [0.15, 0.2) is 6.10 Å². The van der Waals surface area contributed by atoms with Gasteiger partial charge in [-0.25, -0.2) is 0 Å². The van der Waals surface area contributed by atoms with Crippen LogP contribution in [-0.4, -0.2) is 63.6 Å². The van der Waals surface area contributed by atoms with Crippen LogP contribution in [0.1, 0.15) is 59.8 Å². The van der Waals surface area contributed by atoms with Crippen molar-refractivity contribution in [2.24, 2.45) is 28.1 Å². The minimum absolute atomic E-state index is 0.0668. The van der Waals surface area contributed by atoms with E-state index < -0.39 is 52.5 Å². The maximum atomic E-state index is 12.3. The van der Waals surface area contributed by atoms with Gasteiger partial charge in [0.05, 0.1) is 23.7 Å². The minimum Gasteiger partial charge on any atom is -0.457 e. The zero-order chi connectivity index (χ0) is 23.5. The van der Waals surface area contributed by atoms with Gasteiger partial charge in [0, 0.05) is 25.2 Å². The number of carbonyl (C=O) groups excluding carboxylic acids is 2. The lowest BCUT2D eigenvalue weighted by Gasteiger charge is -2.75. The molecule has 0 aromatic heterocycles. The summed E-state index contributed by atoms with van der Waals surface area (Å²) in [5.74, 6) is -3.81. The van der Waals surface area contributed by atoms with Crippen molar-refractivity contribution in [3.05, 3.63) is 12.2 Å². The fraction of sp³-hybridized carbons (Fsp3) is 0.833. The molecule has 6 fully saturated rings. The molecule has 6 rings (SSSR count). The second kappa shape index (κ2) is 6.34. The molecule has 178 valence electrons. The van der Waals surface area contributed by atoms with Crippen LogP contribution >= 0.6 is 0 Å². The van der Waals surface area contributed by atoms with Gasteiger partial charge < -0.3 is 29.5 Å². The van der Waals surface area contributed by atoms with Gasteiger partial charge in [-0.15, -0.1) is 0 Å². The van der Waals surface area contributed by atoms with E-state index in [4.69, 9.17) is 14.2 Å². The normalized spacial score (nSPS) is 52.7. The molecule has 4 bridgehead atoms. The molecule has 2 aliphatic heterocycles. The number of esters is 2. The Balaban J connectivity index is 1.79. The summed E-state index contributed by atoms with van der Waals surface area (Å²) in [5.41, 5.74) is -3.46. The van der Waals surface area contributed by atoms with E-state index >= 15 is 0 Å². The summed E-state index contributed by atoms with van der Waals surface area (Å²) in [6, 6.07) is 0. The molecule has 3 N–H and O–H groups in total. The van der Waals surface area contributed by atoms with Crippen LogP contribution in [0.2, 0.25) is 0 Å². The molecule has 8 heteroatoms. The Morgan fingerprint density at radius 1 is 1.09 bits per heavy atom. The molecule has 8 nitrogen and oxygen atoms in total. The van der Waals surface area contributed by atoms with Crippen LogP contribution in [0, 0.1) is 28.1 Å². The molecule has 6 aliphatic rings. The molecule has 32 heavy (non-hydrogen) atoms. The zero-order valence-electron chi connectivity index (χ0n) is 19.2. The Labute approximate surface area is 187 Å². The van der Waals surface area contributed by atoms with E-state index in [2.05, 4.69) is 20.4 Å². The first-order chi connectivity index (χ1) is 14.8. The first-order valence-corrected chi connectivity index (χ1v) is 11.6. The van der Waals surface area contributed by atoms with Gasteiger partial charge >= 0.3 is 11.9 Å². The van der Waals surface area contributed by atoms with E-state index in [9.17, 15) is 24.9 Å². The third-order valence-corrected chi connectivity index (χ3v) is 9.66. The first-order valence-electron chi connectivity index (χ1n) is 11.6. The topological polar surface area (TPSA) is 123 Å². The van der Waals surface area contributed by atoms with Crippen LogP contribution in [0.25, 0.3) is 0 Å². The Morgan fingerprint density at radius 2 is 1.75 bits per heavy atom. The lowest BCUT2D eigenvalue weighted by atomic mass is 9.35. The number of hydrogen-bond acceptors (Lipinski definition) is 8. The number of hydrogen-bond donors (Lipinski definition) is 3. The average molecular weight is 451 g/mol. The zero-order valence-corrected chi connectivity index (χ0v) is 19.2. The van der Waals surface area contributed by atoms with E-state index in [-0.39, 0.29) is 30.3 Å². The van der Waals surface area contributed by atoms with Crippen molar-refractivity contribution in [3.63, 3.8) is 0 Å². The van der Waals surface area contributed by atoms with Gasteiger partial charge in [0.2, 0.25) is 5.79 Å². The predicted octanol–water partition coefficient (Wildman–Crippen LogP) is 1.45. The summed E-state index contributed by atoms with van der Waals surface area (Å²) in [7, 11) is 0. The molecule has 2 spiro atoms. The number of aliphatic hydroxyl groups is 3. The van der Waals surface area contributed by atoms with E-state index in [1.54, 1.807) is 0 Å². The maximum Gasteiger partial charge on any atom is 0.303 e. The van der Waals surface area contributed by atoms with Crippen LogP contribution in [0.3, 0.4) is 0 Å². The van der Waals surface area contributed by atoms with Crippen LogP contribution in [0.4, 0.5) is 0 Å². The summed E-state index contributed by atoms with van der Waals surface area (Å²) >= 11 is 0. The van der Waals surface area contributed by atoms with E-state index in [0.717, 1.165) is 0 Å². The maximum absolute atomic E-state index is 12.3. The summed E-state index contributed by atoms with van der Waals surface area (Å²) in [5, 5.41) is 35.3. The van der Waals surface area contributed by atoms with Crippen LogP contribution in [-0.2, 0) is 23.8 Å². The highest BCUT2D eigenvalue weighted by Crippen LogP contribution is 2.78. The molecule has 2 heterocycles. The molecule has 2 saturated heterocycles. The monoisotopic (exact) mass is 450 g/mol. The number of fused-ring (bicyclic) bond motifs is 2. The third-order valence-electron chi connectivity index (χ3n) is 9.66. The van der Waals surface area contributed by atoms with Crippen molar-refractivity contribution in [2.75, 3.05) is 6.61 Å². The minimum atomic E-state index is -2.00. The molecule has 4 aliphatic carbocycles. The van der Waals surface area contributed by atoms with Gasteiger partial charge in [-0.3, -0.25) is 9.59 Å². The molecule has 0 amide bonds. The number of aliphatic hydroxyl groups excluding tert-OH is 1. The van der Waals surface area contributed by atoms with Crippen LogP contribution in [0.15, 0.2) is 12.2 Å². The van der Waals surface area contributed by atoms with Gasteiger partial charge in [-0.2, -0.15) is 0 Å². The third kappa shape index (κ3) is 2.32. The molecule has 0 aromatic rings. The van der Waals surface area contributed by atoms with Gasteiger partial charge in [-0.05, 0) is 49.0 Å². The van der Waals surface area contributed by atoms with Crippen LogP contribution in [0.5, 0.6) is 0 Å². The smallest absolute Gasteiger partial charge is 0.303 e. The largest absolute Gasteiger partial charge is 0.457 e. The fourth-order valence-electron chi connectivity index (χ4n) is 8.66. The van der Waals surface area contributed by atoms with Crippen molar-refractivity contribution in [1.82, 2.24) is 0 Å². The molecule has 9 unspecified atom stereocenters. The number of carbonyl (C=O) groups is 2. The lowest BCUT2D eigenvalue weighted by molar-refractivity contribution is -0.467. The fourth-order valence-corrected chi connectivity index (χ4v) is 8.66. The summed E-state index contributed by atoms with van der Waals surface area (Å²) < 4.78 is 17.7. The highest BCUT2D eigenvalue weighted by molar-refractivity contribution is 5.68.